The van der Waals surface area contributed by atoms with Gasteiger partial charge in [0.1, 0.15) is 0 Å². The maximum atomic E-state index is 5.96. The first-order chi connectivity index (χ1) is 7.27. The van der Waals surface area contributed by atoms with E-state index in [0.717, 1.165) is 11.4 Å². The molecule has 2 aromatic carbocycles. The van der Waals surface area contributed by atoms with Gasteiger partial charge in [-0.1, -0.05) is 35.9 Å². The molecular weight excluding hydrogens is 208 g/mol. The number of anilines is 2. The molecule has 2 aromatic rings. The van der Waals surface area contributed by atoms with Crippen molar-refractivity contribution in [3.05, 3.63) is 59.6 Å². The van der Waals surface area contributed by atoms with Crippen molar-refractivity contribution in [3.63, 3.8) is 0 Å². The summed E-state index contributed by atoms with van der Waals surface area (Å²) in [5.74, 6) is 5.96. The summed E-state index contributed by atoms with van der Waals surface area (Å²) in [6, 6.07) is 17.2. The van der Waals surface area contributed by atoms with E-state index < -0.39 is 0 Å². The summed E-state index contributed by atoms with van der Waals surface area (Å²) in [6.07, 6.45) is 0. The van der Waals surface area contributed by atoms with Gasteiger partial charge in [0, 0.05) is 5.02 Å². The summed E-state index contributed by atoms with van der Waals surface area (Å²) < 4.78 is 0. The fraction of sp³-hybridized carbons (Fsp3) is 0. The average molecular weight is 219 g/mol. The van der Waals surface area contributed by atoms with Crippen molar-refractivity contribution in [1.29, 1.82) is 0 Å². The van der Waals surface area contributed by atoms with Crippen LogP contribution in [0.4, 0.5) is 11.4 Å². The maximum Gasteiger partial charge on any atom is 0.0590 e. The first-order valence-electron chi connectivity index (χ1n) is 4.63. The molecule has 0 amide bonds. The van der Waals surface area contributed by atoms with Gasteiger partial charge in [-0.2, -0.15) is 0 Å². The third-order valence-corrected chi connectivity index (χ3v) is 2.36. The molecule has 0 spiro atoms. The molecule has 0 saturated heterocycles. The molecule has 0 unspecified atom stereocenters. The molecule has 15 heavy (non-hydrogen) atoms. The first kappa shape index (κ1) is 10.0. The number of hydrazine groups is 1. The Morgan fingerprint density at radius 3 is 2.20 bits per heavy atom. The highest BCUT2D eigenvalue weighted by molar-refractivity contribution is 6.30. The lowest BCUT2D eigenvalue weighted by atomic mass is 10.2. The predicted molar refractivity (Wildman–Crippen MR) is 64.2 cm³/mol. The molecule has 0 fully saturated rings. The normalized spacial score (nSPS) is 10.0. The largest absolute Gasteiger partial charge is 0.280 e. The molecule has 0 saturated carbocycles. The Bertz CT molecular complexity index is 442. The van der Waals surface area contributed by atoms with E-state index in [4.69, 9.17) is 17.4 Å². The summed E-state index contributed by atoms with van der Waals surface area (Å²) >= 11 is 5.89. The lowest BCUT2D eigenvalue weighted by molar-refractivity contribution is 1.09. The number of hydrogen-bond donors (Lipinski definition) is 1. The van der Waals surface area contributed by atoms with Crippen molar-refractivity contribution in [3.8, 4) is 0 Å². The van der Waals surface area contributed by atoms with Crippen LogP contribution in [0.2, 0.25) is 5.02 Å². The van der Waals surface area contributed by atoms with Crippen LogP contribution in [0.3, 0.4) is 0 Å². The highest BCUT2D eigenvalue weighted by Gasteiger charge is 2.03. The molecular formula is C12H11ClN2. The smallest absolute Gasteiger partial charge is 0.0590 e. The summed E-state index contributed by atoms with van der Waals surface area (Å²) in [6.45, 7) is 0. The van der Waals surface area contributed by atoms with Gasteiger partial charge in [-0.15, -0.1) is 0 Å². The third-order valence-electron chi connectivity index (χ3n) is 2.12. The average Bonchev–Trinajstić information content (AvgIpc) is 2.29. The topological polar surface area (TPSA) is 29.3 Å². The van der Waals surface area contributed by atoms with Crippen molar-refractivity contribution < 1.29 is 0 Å². The molecule has 0 heterocycles. The lowest BCUT2D eigenvalue weighted by Gasteiger charge is -2.18. The summed E-state index contributed by atoms with van der Waals surface area (Å²) in [5.41, 5.74) is 1.80. The lowest BCUT2D eigenvalue weighted by Crippen LogP contribution is -2.24. The number of hydrogen-bond acceptors (Lipinski definition) is 2. The van der Waals surface area contributed by atoms with Gasteiger partial charge in [0.2, 0.25) is 0 Å². The molecule has 0 atom stereocenters. The fourth-order valence-corrected chi connectivity index (χ4v) is 1.55. The van der Waals surface area contributed by atoms with Crippen LogP contribution in [0.5, 0.6) is 0 Å². The van der Waals surface area contributed by atoms with Gasteiger partial charge >= 0.3 is 0 Å². The second-order valence-electron chi connectivity index (χ2n) is 3.19. The number of rotatable bonds is 2. The number of benzene rings is 2. The van der Waals surface area contributed by atoms with E-state index >= 15 is 0 Å². The fourth-order valence-electron chi connectivity index (χ4n) is 1.36. The molecule has 2 N–H and O–H groups in total. The van der Waals surface area contributed by atoms with Gasteiger partial charge in [0.15, 0.2) is 0 Å². The van der Waals surface area contributed by atoms with Gasteiger partial charge < -0.3 is 0 Å². The van der Waals surface area contributed by atoms with Gasteiger partial charge in [-0.25, -0.2) is 5.84 Å². The van der Waals surface area contributed by atoms with Crippen LogP contribution in [0, 0.1) is 0 Å². The molecule has 0 bridgehead atoms. The van der Waals surface area contributed by atoms with Gasteiger partial charge in [-0.3, -0.25) is 5.01 Å². The molecule has 2 nitrogen and oxygen atoms in total. The van der Waals surface area contributed by atoms with E-state index in [1.807, 2.05) is 54.6 Å². The molecule has 2 rings (SSSR count). The number of nitrogens with two attached hydrogens (primary N) is 1. The Morgan fingerprint density at radius 1 is 0.867 bits per heavy atom. The zero-order valence-electron chi connectivity index (χ0n) is 8.10. The van der Waals surface area contributed by atoms with Crippen LogP contribution < -0.4 is 10.9 Å². The highest BCUT2D eigenvalue weighted by Crippen LogP contribution is 2.23. The summed E-state index contributed by atoms with van der Waals surface area (Å²) in [5, 5.41) is 2.28. The van der Waals surface area contributed by atoms with E-state index in [-0.39, 0.29) is 0 Å². The van der Waals surface area contributed by atoms with Crippen molar-refractivity contribution in [1.82, 2.24) is 0 Å². The second kappa shape index (κ2) is 4.34. The van der Waals surface area contributed by atoms with E-state index in [1.165, 1.54) is 0 Å². The molecule has 0 aliphatic heterocycles. The zero-order chi connectivity index (χ0) is 10.7. The summed E-state index contributed by atoms with van der Waals surface area (Å²) in [4.78, 5) is 0. The first-order valence-corrected chi connectivity index (χ1v) is 5.00. The van der Waals surface area contributed by atoms with Crippen molar-refractivity contribution in [2.24, 2.45) is 5.84 Å². The van der Waals surface area contributed by atoms with Gasteiger partial charge in [-0.05, 0) is 30.3 Å². The molecule has 3 heteroatoms. The van der Waals surface area contributed by atoms with E-state index in [9.17, 15) is 0 Å². The highest BCUT2D eigenvalue weighted by atomic mass is 35.5. The van der Waals surface area contributed by atoms with Crippen LogP contribution in [0.1, 0.15) is 0 Å². The second-order valence-corrected chi connectivity index (χ2v) is 3.62. The van der Waals surface area contributed by atoms with E-state index in [1.54, 1.807) is 5.01 Å². The predicted octanol–water partition coefficient (Wildman–Crippen LogP) is 3.35. The van der Waals surface area contributed by atoms with Crippen molar-refractivity contribution >= 4 is 23.0 Å². The molecule has 0 radical (unpaired) electrons. The van der Waals surface area contributed by atoms with Gasteiger partial charge in [0.05, 0.1) is 11.4 Å². The Kier molecular flexibility index (Phi) is 2.90. The minimum atomic E-state index is 0.680. The number of halogens is 1. The summed E-state index contributed by atoms with van der Waals surface area (Å²) in [7, 11) is 0. The van der Waals surface area contributed by atoms with Crippen LogP contribution >= 0.6 is 11.6 Å². The van der Waals surface area contributed by atoms with Crippen molar-refractivity contribution in [2.45, 2.75) is 0 Å². The molecule has 0 aliphatic rings. The standard InChI is InChI=1S/C12H11ClN2/c13-10-5-4-8-12(9-10)15(14)11-6-2-1-3-7-11/h1-9H,14H2. The molecule has 0 aliphatic carbocycles. The monoisotopic (exact) mass is 218 g/mol. The Morgan fingerprint density at radius 2 is 1.53 bits per heavy atom. The third kappa shape index (κ3) is 2.29. The van der Waals surface area contributed by atoms with Crippen LogP contribution in [-0.2, 0) is 0 Å². The Labute approximate surface area is 93.9 Å². The van der Waals surface area contributed by atoms with Gasteiger partial charge in [0.25, 0.3) is 0 Å². The van der Waals surface area contributed by atoms with Crippen LogP contribution in [-0.4, -0.2) is 0 Å². The van der Waals surface area contributed by atoms with E-state index in [2.05, 4.69) is 0 Å². The Balaban J connectivity index is 2.32. The number of para-hydroxylation sites is 1. The molecule has 0 aromatic heterocycles. The zero-order valence-corrected chi connectivity index (χ0v) is 8.85. The minimum absolute atomic E-state index is 0.680. The maximum absolute atomic E-state index is 5.96. The van der Waals surface area contributed by atoms with Crippen LogP contribution in [0.25, 0.3) is 0 Å². The Hall–Kier alpha value is -1.51. The number of nitrogens with zero attached hydrogens (tertiary/aromatic N) is 1. The quantitative estimate of drug-likeness (QED) is 0.619. The van der Waals surface area contributed by atoms with E-state index in [0.29, 0.717) is 5.02 Å². The van der Waals surface area contributed by atoms with Crippen molar-refractivity contribution in [2.75, 3.05) is 5.01 Å². The molecule has 76 valence electrons. The SMILES string of the molecule is NN(c1ccccc1)c1cccc(Cl)c1. The minimum Gasteiger partial charge on any atom is -0.280 e. The van der Waals surface area contributed by atoms with Crippen LogP contribution in [0.15, 0.2) is 54.6 Å².